The van der Waals surface area contributed by atoms with Crippen LogP contribution < -0.4 is 0 Å². The van der Waals surface area contributed by atoms with Crippen molar-refractivity contribution >= 4 is 25.7 Å². The zero-order valence-corrected chi connectivity index (χ0v) is 14.7. The maximum absolute atomic E-state index is 11.8. The fourth-order valence-corrected chi connectivity index (χ4v) is 3.00. The van der Waals surface area contributed by atoms with Crippen LogP contribution in [0, 0.1) is 0 Å². The van der Waals surface area contributed by atoms with Gasteiger partial charge in [0.05, 0.1) is 18.5 Å². The summed E-state index contributed by atoms with van der Waals surface area (Å²) >= 11 is 5.67. The molecule has 0 aromatic heterocycles. The number of ketones is 1. The van der Waals surface area contributed by atoms with E-state index in [0.717, 1.165) is 12.1 Å². The minimum Gasteiger partial charge on any atom is -0.415 e. The lowest BCUT2D eigenvalue weighted by molar-refractivity contribution is -0.113. The van der Waals surface area contributed by atoms with E-state index in [-0.39, 0.29) is 22.7 Å². The topological polar surface area (TPSA) is 29.5 Å². The average molecular weight is 304 g/mol. The lowest BCUT2D eigenvalue weighted by atomic mass is 10.1. The molecule has 0 unspecified atom stereocenters. The van der Waals surface area contributed by atoms with Crippen molar-refractivity contribution in [3.05, 3.63) is 11.6 Å². The van der Waals surface area contributed by atoms with E-state index in [9.17, 15) is 4.79 Å². The summed E-state index contributed by atoms with van der Waals surface area (Å²) in [5.41, 5.74) is 0.816. The van der Waals surface area contributed by atoms with Gasteiger partial charge in [-0.3, -0.25) is 9.69 Å². The molecule has 3 nitrogen and oxygen atoms in total. The van der Waals surface area contributed by atoms with Crippen molar-refractivity contribution in [2.75, 3.05) is 26.1 Å². The van der Waals surface area contributed by atoms with Gasteiger partial charge in [-0.25, -0.2) is 0 Å². The predicted molar refractivity (Wildman–Crippen MR) is 83.4 cm³/mol. The van der Waals surface area contributed by atoms with E-state index in [1.807, 2.05) is 13.1 Å². The second-order valence-corrected chi connectivity index (χ2v) is 11.8. The van der Waals surface area contributed by atoms with Crippen molar-refractivity contribution in [2.45, 2.75) is 44.9 Å². The monoisotopic (exact) mass is 303 g/mol. The zero-order chi connectivity index (χ0) is 14.8. The van der Waals surface area contributed by atoms with E-state index in [2.05, 4.69) is 38.8 Å². The van der Waals surface area contributed by atoms with Crippen LogP contribution in [-0.2, 0) is 9.22 Å². The lowest BCUT2D eigenvalue weighted by Gasteiger charge is -2.38. The molecule has 19 heavy (non-hydrogen) atoms. The Balaban J connectivity index is 2.71. The number of carbonyl (C=O) groups is 1. The van der Waals surface area contributed by atoms with Gasteiger partial charge in [0.25, 0.3) is 0 Å². The van der Waals surface area contributed by atoms with Crippen LogP contribution in [-0.4, -0.2) is 51.1 Å². The standard InChI is InChI=1S/C14H26ClNO2Si/c1-14(2,3)19(5,6)18-10-12-11(13(17)9-15)7-8-16(12)4/h7,12H,8-10H2,1-6H3/t12-/m1/s1. The molecule has 1 heterocycles. The maximum atomic E-state index is 11.8. The second-order valence-electron chi connectivity index (χ2n) is 6.74. The molecule has 1 aliphatic heterocycles. The number of Topliss-reactive ketones (excluding diaryl/α,β-unsaturated/α-hetero) is 1. The highest BCUT2D eigenvalue weighted by Crippen LogP contribution is 2.37. The number of halogens is 1. The maximum Gasteiger partial charge on any atom is 0.192 e. The predicted octanol–water partition coefficient (Wildman–Crippen LogP) is 3.06. The summed E-state index contributed by atoms with van der Waals surface area (Å²) in [6, 6.07) is 0.0559. The smallest absolute Gasteiger partial charge is 0.192 e. The number of carbonyl (C=O) groups excluding carboxylic acids is 1. The summed E-state index contributed by atoms with van der Waals surface area (Å²) in [4.78, 5) is 14.0. The first-order valence-electron chi connectivity index (χ1n) is 6.73. The van der Waals surface area contributed by atoms with Gasteiger partial charge in [-0.1, -0.05) is 26.8 Å². The first kappa shape index (κ1) is 16.9. The van der Waals surface area contributed by atoms with Gasteiger partial charge in [0, 0.05) is 12.1 Å². The zero-order valence-electron chi connectivity index (χ0n) is 12.9. The van der Waals surface area contributed by atoms with Crippen molar-refractivity contribution in [1.82, 2.24) is 4.90 Å². The molecule has 1 aliphatic rings. The van der Waals surface area contributed by atoms with E-state index in [1.54, 1.807) is 0 Å². The fraction of sp³-hybridized carbons (Fsp3) is 0.786. The van der Waals surface area contributed by atoms with Crippen molar-refractivity contribution in [1.29, 1.82) is 0 Å². The van der Waals surface area contributed by atoms with Crippen molar-refractivity contribution < 1.29 is 9.22 Å². The summed E-state index contributed by atoms with van der Waals surface area (Å²) in [5, 5.41) is 0.185. The molecular formula is C14H26ClNO2Si. The van der Waals surface area contributed by atoms with Gasteiger partial charge in [0.2, 0.25) is 0 Å². The largest absolute Gasteiger partial charge is 0.415 e. The summed E-state index contributed by atoms with van der Waals surface area (Å²) in [6.45, 7) is 12.5. The highest BCUT2D eigenvalue weighted by Gasteiger charge is 2.39. The first-order valence-corrected chi connectivity index (χ1v) is 10.2. The Morgan fingerprint density at radius 1 is 1.53 bits per heavy atom. The van der Waals surface area contributed by atoms with Crippen LogP contribution in [0.4, 0.5) is 0 Å². The van der Waals surface area contributed by atoms with Crippen LogP contribution in [0.5, 0.6) is 0 Å². The highest BCUT2D eigenvalue weighted by molar-refractivity contribution is 6.74. The van der Waals surface area contributed by atoms with Crippen molar-refractivity contribution in [3.8, 4) is 0 Å². The molecule has 0 fully saturated rings. The van der Waals surface area contributed by atoms with E-state index in [4.69, 9.17) is 16.0 Å². The molecule has 0 aromatic rings. The summed E-state index contributed by atoms with van der Waals surface area (Å²) in [5.74, 6) is 0.0749. The SMILES string of the molecule is CN1CC=C(C(=O)CCl)[C@H]1CO[Si](C)(C)C(C)(C)C. The Labute approximate surface area is 123 Å². The minimum atomic E-state index is -1.77. The Morgan fingerprint density at radius 3 is 2.58 bits per heavy atom. The van der Waals surface area contributed by atoms with Crippen LogP contribution in [0.2, 0.25) is 18.1 Å². The quantitative estimate of drug-likeness (QED) is 0.577. The molecule has 0 aromatic carbocycles. The van der Waals surface area contributed by atoms with E-state index in [1.165, 1.54) is 0 Å². The van der Waals surface area contributed by atoms with Crippen LogP contribution in [0.15, 0.2) is 11.6 Å². The summed E-state index contributed by atoms with van der Waals surface area (Å²) < 4.78 is 6.23. The van der Waals surface area contributed by atoms with Crippen molar-refractivity contribution in [2.24, 2.45) is 0 Å². The molecule has 0 saturated carbocycles. The number of likely N-dealkylation sites (N-methyl/N-ethyl adjacent to an activating group) is 1. The van der Waals surface area contributed by atoms with E-state index < -0.39 is 8.32 Å². The number of hydrogen-bond acceptors (Lipinski definition) is 3. The molecule has 0 aliphatic carbocycles. The Kier molecular flexibility index (Phi) is 5.41. The minimum absolute atomic E-state index is 0.0230. The van der Waals surface area contributed by atoms with Gasteiger partial charge < -0.3 is 4.43 Å². The van der Waals surface area contributed by atoms with Crippen LogP contribution in [0.1, 0.15) is 20.8 Å². The Hall–Kier alpha value is -0.163. The van der Waals surface area contributed by atoms with E-state index in [0.29, 0.717) is 6.61 Å². The molecule has 0 saturated heterocycles. The van der Waals surface area contributed by atoms with Gasteiger partial charge in [-0.15, -0.1) is 11.6 Å². The molecule has 0 bridgehead atoms. The van der Waals surface area contributed by atoms with Gasteiger partial charge in [0.1, 0.15) is 0 Å². The average Bonchev–Trinajstić information content (AvgIpc) is 2.65. The van der Waals surface area contributed by atoms with Crippen molar-refractivity contribution in [3.63, 3.8) is 0 Å². The summed E-state index contributed by atoms with van der Waals surface area (Å²) in [7, 11) is 0.244. The Morgan fingerprint density at radius 2 is 2.11 bits per heavy atom. The number of nitrogens with zero attached hydrogens (tertiary/aromatic N) is 1. The molecule has 1 rings (SSSR count). The molecule has 0 radical (unpaired) electrons. The van der Waals surface area contributed by atoms with Crippen LogP contribution in [0.3, 0.4) is 0 Å². The molecule has 110 valence electrons. The number of alkyl halides is 1. The molecule has 5 heteroatoms. The fourth-order valence-electron chi connectivity index (χ4n) is 1.84. The van der Waals surface area contributed by atoms with Crippen LogP contribution in [0.25, 0.3) is 0 Å². The van der Waals surface area contributed by atoms with Crippen LogP contribution >= 0.6 is 11.6 Å². The van der Waals surface area contributed by atoms with Gasteiger partial charge in [-0.2, -0.15) is 0 Å². The molecule has 0 amide bonds. The number of hydrogen-bond donors (Lipinski definition) is 0. The van der Waals surface area contributed by atoms with Gasteiger partial charge in [-0.05, 0) is 25.2 Å². The second kappa shape index (κ2) is 6.08. The van der Waals surface area contributed by atoms with E-state index >= 15 is 0 Å². The normalized spacial score (nSPS) is 21.6. The molecular weight excluding hydrogens is 278 g/mol. The molecule has 1 atom stereocenters. The third kappa shape index (κ3) is 3.91. The highest BCUT2D eigenvalue weighted by atomic mass is 35.5. The number of rotatable bonds is 5. The van der Waals surface area contributed by atoms with Gasteiger partial charge in [0.15, 0.2) is 14.1 Å². The summed E-state index contributed by atoms with van der Waals surface area (Å²) in [6.07, 6.45) is 1.98. The lowest BCUT2D eigenvalue weighted by Crippen LogP contribution is -2.45. The Bertz CT molecular complexity index is 374. The molecule has 0 spiro atoms. The first-order chi connectivity index (χ1) is 8.60. The van der Waals surface area contributed by atoms with Gasteiger partial charge >= 0.3 is 0 Å². The third-order valence-corrected chi connectivity index (χ3v) is 9.09. The third-order valence-electron chi connectivity index (χ3n) is 4.34. The molecule has 0 N–H and O–H groups in total.